The molecular weight excluding hydrogens is 284 g/mol. The Bertz CT molecular complexity index is 574. The highest BCUT2D eigenvalue weighted by molar-refractivity contribution is 5.63. The predicted octanol–water partition coefficient (Wildman–Crippen LogP) is 0.536. The van der Waals surface area contributed by atoms with Crippen molar-refractivity contribution in [1.29, 1.82) is 0 Å². The quantitative estimate of drug-likeness (QED) is 0.797. The Morgan fingerprint density at radius 3 is 2.04 bits per heavy atom. The van der Waals surface area contributed by atoms with Gasteiger partial charge in [-0.1, -0.05) is 42.5 Å². The highest BCUT2D eigenvalue weighted by Gasteiger charge is 2.20. The number of ether oxygens (including phenoxy) is 1. The first-order valence-electron chi connectivity index (χ1n) is 8.80. The van der Waals surface area contributed by atoms with Crippen molar-refractivity contribution in [3.05, 3.63) is 54.6 Å². The van der Waals surface area contributed by atoms with E-state index >= 15 is 0 Å². The summed E-state index contributed by atoms with van der Waals surface area (Å²) in [5, 5.41) is 0. The van der Waals surface area contributed by atoms with Crippen LogP contribution in [0, 0.1) is 0 Å². The van der Waals surface area contributed by atoms with Gasteiger partial charge in [-0.3, -0.25) is 0 Å². The molecule has 1 saturated heterocycles. The molecule has 0 atom stereocenters. The van der Waals surface area contributed by atoms with Crippen LogP contribution in [-0.2, 0) is 0 Å². The summed E-state index contributed by atoms with van der Waals surface area (Å²) in [6.07, 6.45) is 0. The van der Waals surface area contributed by atoms with Crippen LogP contribution in [0.4, 0.5) is 0 Å². The third-order valence-electron chi connectivity index (χ3n) is 4.85. The van der Waals surface area contributed by atoms with Crippen LogP contribution in [0.15, 0.2) is 54.6 Å². The number of hydrogen-bond donors (Lipinski definition) is 2. The summed E-state index contributed by atoms with van der Waals surface area (Å²) in [5.74, 6) is 0.974. The largest absolute Gasteiger partial charge is 0.488 e. The van der Waals surface area contributed by atoms with Crippen molar-refractivity contribution in [2.24, 2.45) is 0 Å². The highest BCUT2D eigenvalue weighted by atomic mass is 16.5. The Morgan fingerprint density at radius 1 is 0.783 bits per heavy atom. The lowest BCUT2D eigenvalue weighted by atomic mass is 10.1. The van der Waals surface area contributed by atoms with E-state index in [2.05, 4.69) is 55.5 Å². The average Bonchev–Trinajstić information content (AvgIpc) is 2.64. The summed E-state index contributed by atoms with van der Waals surface area (Å²) in [7, 11) is 0. The lowest BCUT2D eigenvalue weighted by Crippen LogP contribution is -3.28. The highest BCUT2D eigenvalue weighted by Crippen LogP contribution is 2.21. The van der Waals surface area contributed by atoms with Gasteiger partial charge in [0.15, 0.2) is 0 Å². The molecule has 0 bridgehead atoms. The molecule has 0 aromatic heterocycles. The van der Waals surface area contributed by atoms with Crippen LogP contribution in [0.2, 0.25) is 0 Å². The van der Waals surface area contributed by atoms with Crippen molar-refractivity contribution in [3.8, 4) is 16.9 Å². The lowest BCUT2D eigenvalue weighted by Gasteiger charge is -2.28. The molecule has 1 aliphatic heterocycles. The molecule has 3 nitrogen and oxygen atoms in total. The van der Waals surface area contributed by atoms with E-state index in [1.165, 1.54) is 43.9 Å². The monoisotopic (exact) mass is 312 g/mol. The first-order chi connectivity index (χ1) is 11.3. The summed E-state index contributed by atoms with van der Waals surface area (Å²) >= 11 is 0. The molecule has 0 spiro atoms. The van der Waals surface area contributed by atoms with E-state index in [1.807, 2.05) is 6.07 Å². The number of hydrogen-bond acceptors (Lipinski definition) is 1. The van der Waals surface area contributed by atoms with Gasteiger partial charge in [-0.25, -0.2) is 0 Å². The Kier molecular flexibility index (Phi) is 5.67. The maximum Gasteiger partial charge on any atom is 0.137 e. The maximum absolute atomic E-state index is 5.93. The lowest BCUT2D eigenvalue weighted by molar-refractivity contribution is -1.01. The molecule has 1 aliphatic rings. The van der Waals surface area contributed by atoms with Crippen molar-refractivity contribution in [2.75, 3.05) is 45.9 Å². The first-order valence-corrected chi connectivity index (χ1v) is 8.80. The zero-order valence-corrected chi connectivity index (χ0v) is 14.1. The SMILES string of the molecule is CC[NH+]1CC[NH+](CCOc2ccc(-c3ccccc3)cc2)CC1. The minimum Gasteiger partial charge on any atom is -0.488 e. The van der Waals surface area contributed by atoms with Crippen LogP contribution in [0.3, 0.4) is 0 Å². The van der Waals surface area contributed by atoms with Gasteiger partial charge in [0, 0.05) is 0 Å². The maximum atomic E-state index is 5.93. The van der Waals surface area contributed by atoms with Crippen molar-refractivity contribution >= 4 is 0 Å². The number of piperazine rings is 1. The molecule has 0 radical (unpaired) electrons. The van der Waals surface area contributed by atoms with Crippen LogP contribution in [0.1, 0.15) is 6.92 Å². The van der Waals surface area contributed by atoms with Gasteiger partial charge in [0.25, 0.3) is 0 Å². The zero-order valence-electron chi connectivity index (χ0n) is 14.1. The number of benzene rings is 2. The molecule has 0 unspecified atom stereocenters. The van der Waals surface area contributed by atoms with Crippen LogP contribution in [-0.4, -0.2) is 45.9 Å². The summed E-state index contributed by atoms with van der Waals surface area (Å²) in [5.41, 5.74) is 2.49. The van der Waals surface area contributed by atoms with E-state index < -0.39 is 0 Å². The van der Waals surface area contributed by atoms with E-state index in [-0.39, 0.29) is 0 Å². The van der Waals surface area contributed by atoms with Crippen LogP contribution in [0.5, 0.6) is 5.75 Å². The molecule has 3 heteroatoms. The Morgan fingerprint density at radius 2 is 1.39 bits per heavy atom. The smallest absolute Gasteiger partial charge is 0.137 e. The standard InChI is InChI=1S/C20H26N2O/c1-2-21-12-14-22(15-13-21)16-17-23-20-10-8-19(9-11-20)18-6-4-3-5-7-18/h3-11H,2,12-17H2,1H3/p+2. The predicted molar refractivity (Wildman–Crippen MR) is 94.2 cm³/mol. The fraction of sp³-hybridized carbons (Fsp3) is 0.400. The second-order valence-electron chi connectivity index (χ2n) is 6.34. The van der Waals surface area contributed by atoms with E-state index in [9.17, 15) is 0 Å². The van der Waals surface area contributed by atoms with Crippen LogP contribution < -0.4 is 14.5 Å². The van der Waals surface area contributed by atoms with Gasteiger partial charge in [0.05, 0.1) is 6.54 Å². The van der Waals surface area contributed by atoms with Gasteiger partial charge in [0.2, 0.25) is 0 Å². The molecule has 2 aromatic rings. The molecule has 0 amide bonds. The van der Waals surface area contributed by atoms with E-state index in [0.29, 0.717) is 0 Å². The zero-order chi connectivity index (χ0) is 15.9. The van der Waals surface area contributed by atoms with Crippen LogP contribution >= 0.6 is 0 Å². The van der Waals surface area contributed by atoms with Crippen molar-refractivity contribution in [1.82, 2.24) is 0 Å². The summed E-state index contributed by atoms with van der Waals surface area (Å²) in [4.78, 5) is 3.43. The van der Waals surface area contributed by atoms with E-state index in [0.717, 1.165) is 18.9 Å². The Hall–Kier alpha value is -1.84. The third kappa shape index (κ3) is 4.57. The van der Waals surface area contributed by atoms with Gasteiger partial charge in [-0.05, 0) is 30.2 Å². The minimum absolute atomic E-state index is 0.807. The number of rotatable bonds is 6. The fourth-order valence-corrected chi connectivity index (χ4v) is 3.25. The molecule has 122 valence electrons. The topological polar surface area (TPSA) is 18.1 Å². The van der Waals surface area contributed by atoms with E-state index in [1.54, 1.807) is 9.80 Å². The normalized spacial score (nSPS) is 21.1. The Labute approximate surface area is 139 Å². The molecule has 0 aliphatic carbocycles. The second kappa shape index (κ2) is 8.14. The van der Waals surface area contributed by atoms with E-state index in [4.69, 9.17) is 4.74 Å². The van der Waals surface area contributed by atoms with Gasteiger partial charge in [-0.15, -0.1) is 0 Å². The molecule has 2 N–H and O–H groups in total. The number of nitrogens with one attached hydrogen (secondary N) is 2. The minimum atomic E-state index is 0.807. The van der Waals surface area contributed by atoms with Gasteiger partial charge in [-0.2, -0.15) is 0 Å². The van der Waals surface area contributed by atoms with Gasteiger partial charge in [0.1, 0.15) is 45.1 Å². The number of likely N-dealkylation sites (N-methyl/N-ethyl adjacent to an activating group) is 1. The fourth-order valence-electron chi connectivity index (χ4n) is 3.25. The number of quaternary nitrogens is 2. The van der Waals surface area contributed by atoms with Gasteiger partial charge >= 0.3 is 0 Å². The molecule has 3 rings (SSSR count). The summed E-state index contributed by atoms with van der Waals surface area (Å²) in [6, 6.07) is 18.9. The first kappa shape index (κ1) is 16.0. The summed E-state index contributed by atoms with van der Waals surface area (Å²) < 4.78 is 5.93. The molecule has 0 saturated carbocycles. The van der Waals surface area contributed by atoms with Crippen molar-refractivity contribution < 1.29 is 14.5 Å². The van der Waals surface area contributed by atoms with Crippen molar-refractivity contribution in [2.45, 2.75) is 6.92 Å². The average molecular weight is 312 g/mol. The second-order valence-corrected chi connectivity index (χ2v) is 6.34. The summed E-state index contributed by atoms with van der Waals surface area (Å²) in [6.45, 7) is 10.6. The molecular formula is C20H28N2O+2. The van der Waals surface area contributed by atoms with Gasteiger partial charge < -0.3 is 14.5 Å². The third-order valence-corrected chi connectivity index (χ3v) is 4.85. The molecule has 23 heavy (non-hydrogen) atoms. The Balaban J connectivity index is 1.44. The van der Waals surface area contributed by atoms with Crippen LogP contribution in [0.25, 0.3) is 11.1 Å². The molecule has 2 aromatic carbocycles. The molecule has 1 fully saturated rings. The molecule has 1 heterocycles. The van der Waals surface area contributed by atoms with Crippen molar-refractivity contribution in [3.63, 3.8) is 0 Å².